The molecule has 7 rings (SSSR count). The molecule has 7 aromatic rings. The number of hydrogen-bond donors (Lipinski definition) is 0. The second-order valence-corrected chi connectivity index (χ2v) is 16.3. The van der Waals surface area contributed by atoms with Crippen LogP contribution in [0.1, 0.15) is 16.7 Å². The van der Waals surface area contributed by atoms with Crippen molar-refractivity contribution in [3.8, 4) is 17.2 Å². The molecule has 4 nitrogen and oxygen atoms in total. The number of benzene rings is 7. The minimum Gasteiger partial charge on any atom is -0.208 e. The molecule has 0 N–H and O–H groups in total. The smallest absolute Gasteiger partial charge is 0.208 e. The Bertz CT molecular complexity index is 2490. The Hall–Kier alpha value is -5.14. The van der Waals surface area contributed by atoms with E-state index in [1.54, 1.807) is 60.7 Å². The quantitative estimate of drug-likeness (QED) is 0.118. The van der Waals surface area contributed by atoms with E-state index >= 15 is 0 Å². The van der Waals surface area contributed by atoms with Gasteiger partial charge in [-0.1, -0.05) is 113 Å². The molecule has 0 aliphatic carbocycles. The summed E-state index contributed by atoms with van der Waals surface area (Å²) in [5.74, 6) is -0.284. The van der Waals surface area contributed by atoms with E-state index in [-0.39, 0.29) is 11.5 Å². The first kappa shape index (κ1) is 32.4. The van der Waals surface area contributed by atoms with Crippen LogP contribution in [-0.4, -0.2) is 13.9 Å². The van der Waals surface area contributed by atoms with Crippen LogP contribution in [-0.2, 0) is 25.3 Å². The van der Waals surface area contributed by atoms with Gasteiger partial charge < -0.3 is 0 Å². The highest BCUT2D eigenvalue weighted by atomic mass is 32.3. The lowest BCUT2D eigenvalue weighted by Gasteiger charge is -2.39. The van der Waals surface area contributed by atoms with Gasteiger partial charge in [-0.3, -0.25) is 0 Å². The van der Waals surface area contributed by atoms with Crippen molar-refractivity contribution in [1.82, 2.24) is 0 Å². The highest BCUT2D eigenvalue weighted by Crippen LogP contribution is 2.64. The third-order valence-electron chi connectivity index (χ3n) is 8.56. The van der Waals surface area contributed by atoms with E-state index in [1.807, 2.05) is 66.7 Å². The lowest BCUT2D eigenvalue weighted by molar-refractivity contribution is -0.0496. The zero-order chi connectivity index (χ0) is 34.2. The molecule has 1 unspecified atom stereocenters. The van der Waals surface area contributed by atoms with Gasteiger partial charge in [-0.05, 0) is 97.0 Å². The van der Waals surface area contributed by atoms with Crippen LogP contribution < -0.4 is 0 Å². The van der Waals surface area contributed by atoms with E-state index in [0.717, 1.165) is 43.4 Å². The molecule has 0 spiro atoms. The van der Waals surface area contributed by atoms with Crippen molar-refractivity contribution in [3.63, 3.8) is 0 Å². The second-order valence-electron chi connectivity index (χ2n) is 11.7. The Balaban J connectivity index is 1.50. The standard InChI is InChI=1S/C40H28F3NO3S2/c41-40(42,43)49(45,46)47-48(35-14-2-1-3-15-35,26-29-20-18-28(25-44)19-21-29)27-33-13-7-9-17-37(33)39-36-16-8-6-12-32(36)23-34-22-30-10-4-5-11-31(30)24-38(34)39/h1-24H,26-27H2. The van der Waals surface area contributed by atoms with Gasteiger partial charge in [0.1, 0.15) is 0 Å². The summed E-state index contributed by atoms with van der Waals surface area (Å²) in [5, 5.41) is 15.4. The van der Waals surface area contributed by atoms with Crippen LogP contribution in [0, 0.1) is 11.3 Å². The van der Waals surface area contributed by atoms with Gasteiger partial charge in [0.2, 0.25) is 0 Å². The summed E-state index contributed by atoms with van der Waals surface area (Å²) >= 11 is 0. The highest BCUT2D eigenvalue weighted by molar-refractivity contribution is 8.31. The molecule has 0 aromatic heterocycles. The fraction of sp³-hybridized carbons (Fsp3) is 0.0750. The lowest BCUT2D eigenvalue weighted by atomic mass is 9.89. The molecule has 0 aliphatic heterocycles. The van der Waals surface area contributed by atoms with Gasteiger partial charge >= 0.3 is 15.6 Å². The normalized spacial score (nSPS) is 14.0. The number of nitrogens with zero attached hydrogens (tertiary/aromatic N) is 1. The van der Waals surface area contributed by atoms with Crippen molar-refractivity contribution in [2.24, 2.45) is 0 Å². The predicted octanol–water partition coefficient (Wildman–Crippen LogP) is 11.0. The van der Waals surface area contributed by atoms with Gasteiger partial charge in [-0.15, -0.1) is 0 Å². The van der Waals surface area contributed by atoms with Gasteiger partial charge in [0, 0.05) is 16.4 Å². The molecule has 0 fully saturated rings. The summed E-state index contributed by atoms with van der Waals surface area (Å²) in [6.45, 7) is 0. The molecule has 244 valence electrons. The maximum absolute atomic E-state index is 14.1. The van der Waals surface area contributed by atoms with E-state index in [1.165, 1.54) is 0 Å². The minimum absolute atomic E-state index is 0.138. The zero-order valence-corrected chi connectivity index (χ0v) is 27.5. The largest absolute Gasteiger partial charge is 0.523 e. The van der Waals surface area contributed by atoms with Crippen LogP contribution in [0.25, 0.3) is 43.4 Å². The van der Waals surface area contributed by atoms with Crippen molar-refractivity contribution in [2.45, 2.75) is 21.9 Å². The Kier molecular flexibility index (Phi) is 8.41. The summed E-state index contributed by atoms with van der Waals surface area (Å²) in [6, 6.07) is 46.5. The molecule has 0 radical (unpaired) electrons. The first-order chi connectivity index (χ1) is 23.6. The third kappa shape index (κ3) is 6.27. The maximum Gasteiger partial charge on any atom is 0.523 e. The van der Waals surface area contributed by atoms with Crippen LogP contribution in [0.5, 0.6) is 0 Å². The van der Waals surface area contributed by atoms with E-state index in [2.05, 4.69) is 24.3 Å². The number of alkyl halides is 3. The van der Waals surface area contributed by atoms with Crippen molar-refractivity contribution in [2.75, 3.05) is 0 Å². The first-order valence-corrected chi connectivity index (χ1v) is 18.7. The Labute approximate surface area is 283 Å². The van der Waals surface area contributed by atoms with Gasteiger partial charge in [-0.25, -0.2) is 3.63 Å². The van der Waals surface area contributed by atoms with E-state index in [0.29, 0.717) is 21.6 Å². The predicted molar refractivity (Wildman–Crippen MR) is 191 cm³/mol. The fourth-order valence-electron chi connectivity index (χ4n) is 6.32. The Morgan fingerprint density at radius 1 is 0.612 bits per heavy atom. The molecular formula is C40H28F3NO3S2. The van der Waals surface area contributed by atoms with Crippen LogP contribution >= 0.6 is 10.3 Å². The van der Waals surface area contributed by atoms with E-state index in [4.69, 9.17) is 3.63 Å². The van der Waals surface area contributed by atoms with Crippen LogP contribution in [0.4, 0.5) is 13.2 Å². The molecule has 0 heterocycles. The number of fused-ring (bicyclic) bond motifs is 3. The number of nitriles is 1. The number of hydrogen-bond acceptors (Lipinski definition) is 4. The summed E-state index contributed by atoms with van der Waals surface area (Å²) < 4.78 is 73.9. The molecular weight excluding hydrogens is 664 g/mol. The average molecular weight is 692 g/mol. The molecule has 7 aromatic carbocycles. The summed E-state index contributed by atoms with van der Waals surface area (Å²) in [5.41, 5.74) is -2.44. The topological polar surface area (TPSA) is 67.2 Å². The molecule has 1 atom stereocenters. The van der Waals surface area contributed by atoms with E-state index in [9.17, 15) is 26.9 Å². The number of halogens is 3. The zero-order valence-electron chi connectivity index (χ0n) is 25.9. The van der Waals surface area contributed by atoms with Gasteiger partial charge in [0.05, 0.1) is 11.6 Å². The SMILES string of the molecule is N#Cc1ccc(CS(Cc2ccccc2-c2c3ccccc3cc3cc4ccccc4cc23)(OS(=O)(=O)C(F)(F)F)c2ccccc2)cc1. The third-order valence-corrected chi connectivity index (χ3v) is 13.6. The molecule has 0 aliphatic rings. The fourth-order valence-corrected chi connectivity index (χ4v) is 11.3. The Morgan fingerprint density at radius 2 is 1.20 bits per heavy atom. The summed E-state index contributed by atoms with van der Waals surface area (Å²) in [6.07, 6.45) is 0. The van der Waals surface area contributed by atoms with Crippen molar-refractivity contribution >= 4 is 52.7 Å². The van der Waals surface area contributed by atoms with Crippen LogP contribution in [0.3, 0.4) is 0 Å². The molecule has 0 saturated carbocycles. The average Bonchev–Trinajstić information content (AvgIpc) is 3.10. The lowest BCUT2D eigenvalue weighted by Crippen LogP contribution is -2.28. The van der Waals surface area contributed by atoms with Gasteiger partial charge in [0.15, 0.2) is 0 Å². The molecule has 9 heteroatoms. The molecule has 0 amide bonds. The number of rotatable bonds is 8. The van der Waals surface area contributed by atoms with E-state index < -0.39 is 25.9 Å². The van der Waals surface area contributed by atoms with Gasteiger partial charge in [0.25, 0.3) is 0 Å². The molecule has 0 saturated heterocycles. The van der Waals surface area contributed by atoms with Crippen LogP contribution in [0.2, 0.25) is 0 Å². The Morgan fingerprint density at radius 3 is 1.90 bits per heavy atom. The van der Waals surface area contributed by atoms with Crippen molar-refractivity contribution in [1.29, 1.82) is 5.26 Å². The highest BCUT2D eigenvalue weighted by Gasteiger charge is 2.51. The van der Waals surface area contributed by atoms with Gasteiger partial charge in [-0.2, -0.15) is 26.9 Å². The monoisotopic (exact) mass is 691 g/mol. The second kappa shape index (κ2) is 12.7. The summed E-state index contributed by atoms with van der Waals surface area (Å²) in [7, 11) is -9.35. The molecule has 0 bridgehead atoms. The van der Waals surface area contributed by atoms with Crippen LogP contribution in [0.15, 0.2) is 150 Å². The minimum atomic E-state index is -6.04. The van der Waals surface area contributed by atoms with Crippen molar-refractivity contribution < 1.29 is 25.2 Å². The van der Waals surface area contributed by atoms with Crippen molar-refractivity contribution in [3.05, 3.63) is 162 Å². The molecule has 49 heavy (non-hydrogen) atoms. The first-order valence-electron chi connectivity index (χ1n) is 15.3. The summed E-state index contributed by atoms with van der Waals surface area (Å²) in [4.78, 5) is 0.343. The maximum atomic E-state index is 14.1.